The molecule has 0 spiro atoms. The van der Waals surface area contributed by atoms with Crippen molar-refractivity contribution in [1.29, 1.82) is 0 Å². The first-order chi connectivity index (χ1) is 6.09. The Morgan fingerprint density at radius 2 is 2.15 bits per heavy atom. The second-order valence-electron chi connectivity index (χ2n) is 3.71. The van der Waals surface area contributed by atoms with Gasteiger partial charge < -0.3 is 9.47 Å². The van der Waals surface area contributed by atoms with Crippen molar-refractivity contribution < 1.29 is 14.3 Å². The number of hydrogen-bond donors (Lipinski definition) is 0. The molecule has 0 saturated carbocycles. The molecule has 0 radical (unpaired) electrons. The summed E-state index contributed by atoms with van der Waals surface area (Å²) in [4.78, 5) is 10.2. The molecule has 1 rings (SSSR count). The second kappa shape index (κ2) is 4.05. The lowest BCUT2D eigenvalue weighted by Gasteiger charge is -2.16. The van der Waals surface area contributed by atoms with Crippen molar-refractivity contribution in [2.24, 2.45) is 0 Å². The standard InChI is InChI=1S/C10H16O3/c1-4-5-8-9(6-7-11)13-10(2,3)12-8/h6,8-9H,4-5H2,1-3H3. The number of hydrogen-bond acceptors (Lipinski definition) is 3. The van der Waals surface area contributed by atoms with E-state index in [1.807, 2.05) is 13.8 Å². The normalized spacial score (nSPS) is 31.3. The Labute approximate surface area is 78.7 Å². The predicted molar refractivity (Wildman–Crippen MR) is 49.0 cm³/mol. The summed E-state index contributed by atoms with van der Waals surface area (Å²) in [6.45, 7) is 5.79. The van der Waals surface area contributed by atoms with E-state index in [2.05, 4.69) is 6.92 Å². The summed E-state index contributed by atoms with van der Waals surface area (Å²) in [5, 5.41) is 0. The molecule has 1 aliphatic rings. The van der Waals surface area contributed by atoms with Crippen molar-refractivity contribution in [3.63, 3.8) is 0 Å². The van der Waals surface area contributed by atoms with Gasteiger partial charge in [-0.2, -0.15) is 0 Å². The molecule has 2 unspecified atom stereocenters. The smallest absolute Gasteiger partial charge is 0.164 e. The fourth-order valence-corrected chi connectivity index (χ4v) is 1.58. The van der Waals surface area contributed by atoms with Crippen molar-refractivity contribution in [2.45, 2.75) is 51.6 Å². The van der Waals surface area contributed by atoms with Crippen molar-refractivity contribution in [3.8, 4) is 0 Å². The van der Waals surface area contributed by atoms with Crippen LogP contribution in [0.5, 0.6) is 0 Å². The molecule has 0 bridgehead atoms. The molecule has 3 nitrogen and oxygen atoms in total. The molecule has 0 amide bonds. The average molecular weight is 184 g/mol. The molecule has 0 aliphatic carbocycles. The molecule has 0 aromatic heterocycles. The van der Waals surface area contributed by atoms with Gasteiger partial charge in [-0.05, 0) is 20.3 Å². The van der Waals surface area contributed by atoms with Gasteiger partial charge in [-0.25, -0.2) is 4.79 Å². The topological polar surface area (TPSA) is 35.5 Å². The van der Waals surface area contributed by atoms with Gasteiger partial charge in [0.25, 0.3) is 0 Å². The Morgan fingerprint density at radius 3 is 2.69 bits per heavy atom. The van der Waals surface area contributed by atoms with Crippen LogP contribution >= 0.6 is 0 Å². The molecular formula is C10H16O3. The summed E-state index contributed by atoms with van der Waals surface area (Å²) >= 11 is 0. The molecule has 1 fully saturated rings. The third-order valence-electron chi connectivity index (χ3n) is 2.03. The highest BCUT2D eigenvalue weighted by Crippen LogP contribution is 2.30. The van der Waals surface area contributed by atoms with E-state index in [9.17, 15) is 4.79 Å². The van der Waals surface area contributed by atoms with Gasteiger partial charge in [0.2, 0.25) is 0 Å². The lowest BCUT2D eigenvalue weighted by molar-refractivity contribution is -0.143. The van der Waals surface area contributed by atoms with Gasteiger partial charge in [-0.1, -0.05) is 13.3 Å². The maximum atomic E-state index is 10.2. The summed E-state index contributed by atoms with van der Waals surface area (Å²) in [6.07, 6.45) is 3.10. The van der Waals surface area contributed by atoms with Crippen molar-refractivity contribution in [3.05, 3.63) is 6.08 Å². The Hall–Kier alpha value is -0.630. The van der Waals surface area contributed by atoms with Gasteiger partial charge in [0, 0.05) is 6.08 Å². The third kappa shape index (κ3) is 2.66. The minimum atomic E-state index is -0.572. The van der Waals surface area contributed by atoms with E-state index in [-0.39, 0.29) is 12.2 Å². The van der Waals surface area contributed by atoms with Gasteiger partial charge in [0.1, 0.15) is 12.0 Å². The monoisotopic (exact) mass is 184 g/mol. The highest BCUT2D eigenvalue weighted by Gasteiger charge is 2.39. The molecule has 13 heavy (non-hydrogen) atoms. The van der Waals surface area contributed by atoms with Crippen LogP contribution in [0.15, 0.2) is 6.08 Å². The third-order valence-corrected chi connectivity index (χ3v) is 2.03. The molecule has 0 aromatic rings. The Bertz CT molecular complexity index is 216. The average Bonchev–Trinajstić information content (AvgIpc) is 2.28. The van der Waals surface area contributed by atoms with Gasteiger partial charge in [0.05, 0.1) is 6.10 Å². The van der Waals surface area contributed by atoms with E-state index in [0.29, 0.717) is 0 Å². The summed E-state index contributed by atoms with van der Waals surface area (Å²) in [6, 6.07) is 0. The maximum Gasteiger partial charge on any atom is 0.164 e. The molecule has 2 atom stereocenters. The van der Waals surface area contributed by atoms with Crippen LogP contribution in [0.4, 0.5) is 0 Å². The lowest BCUT2D eigenvalue weighted by atomic mass is 10.1. The fourth-order valence-electron chi connectivity index (χ4n) is 1.58. The van der Waals surface area contributed by atoms with Crippen molar-refractivity contribution in [1.82, 2.24) is 0 Å². The first-order valence-corrected chi connectivity index (χ1v) is 4.65. The fraction of sp³-hybridized carbons (Fsp3) is 0.800. The van der Waals surface area contributed by atoms with Gasteiger partial charge >= 0.3 is 0 Å². The van der Waals surface area contributed by atoms with Gasteiger partial charge in [-0.15, -0.1) is 0 Å². The van der Waals surface area contributed by atoms with Crippen LogP contribution in [0.2, 0.25) is 0 Å². The van der Waals surface area contributed by atoms with E-state index >= 15 is 0 Å². The maximum absolute atomic E-state index is 10.2. The molecule has 1 heterocycles. The molecule has 74 valence electrons. The highest BCUT2D eigenvalue weighted by molar-refractivity contribution is 5.46. The second-order valence-corrected chi connectivity index (χ2v) is 3.71. The molecule has 0 N–H and O–H groups in total. The van der Waals surface area contributed by atoms with Crippen LogP contribution in [-0.2, 0) is 14.3 Å². The van der Waals surface area contributed by atoms with Crippen molar-refractivity contribution >= 4 is 5.94 Å². The van der Waals surface area contributed by atoms with Crippen LogP contribution in [0, 0.1) is 0 Å². The number of carbonyl (C=O) groups excluding carboxylic acids is 1. The Morgan fingerprint density at radius 1 is 1.46 bits per heavy atom. The Kier molecular flexibility index (Phi) is 3.26. The van der Waals surface area contributed by atoms with E-state index in [0.717, 1.165) is 12.8 Å². The minimum Gasteiger partial charge on any atom is -0.344 e. The Balaban J connectivity index is 2.65. The predicted octanol–water partition coefficient (Wildman–Crippen LogP) is 1.69. The molecule has 0 aromatic carbocycles. The minimum absolute atomic E-state index is 0.00134. The first kappa shape index (κ1) is 10.5. The summed E-state index contributed by atoms with van der Waals surface area (Å²) < 4.78 is 11.1. The molecule has 1 aliphatic heterocycles. The molecular weight excluding hydrogens is 168 g/mol. The zero-order valence-electron chi connectivity index (χ0n) is 8.37. The molecule has 3 heteroatoms. The quantitative estimate of drug-likeness (QED) is 0.626. The van der Waals surface area contributed by atoms with E-state index in [1.165, 1.54) is 6.08 Å². The summed E-state index contributed by atoms with van der Waals surface area (Å²) in [5.41, 5.74) is 0. The first-order valence-electron chi connectivity index (χ1n) is 4.65. The van der Waals surface area contributed by atoms with Crippen LogP contribution in [0.1, 0.15) is 33.6 Å². The SMILES string of the molecule is CCCC1OC(C)(C)OC1C=C=O. The molecule has 1 saturated heterocycles. The lowest BCUT2D eigenvalue weighted by Crippen LogP contribution is -2.21. The van der Waals surface area contributed by atoms with E-state index < -0.39 is 5.79 Å². The van der Waals surface area contributed by atoms with Crippen molar-refractivity contribution in [2.75, 3.05) is 0 Å². The number of rotatable bonds is 3. The van der Waals surface area contributed by atoms with Crippen LogP contribution in [-0.4, -0.2) is 23.9 Å². The largest absolute Gasteiger partial charge is 0.344 e. The van der Waals surface area contributed by atoms with Crippen LogP contribution < -0.4 is 0 Å². The summed E-state index contributed by atoms with van der Waals surface area (Å²) in [5.74, 6) is 1.18. The van der Waals surface area contributed by atoms with Gasteiger partial charge in [0.15, 0.2) is 5.79 Å². The van der Waals surface area contributed by atoms with E-state index in [4.69, 9.17) is 9.47 Å². The zero-order chi connectivity index (χ0) is 9.90. The van der Waals surface area contributed by atoms with E-state index in [1.54, 1.807) is 5.94 Å². The van der Waals surface area contributed by atoms with Crippen LogP contribution in [0.3, 0.4) is 0 Å². The summed E-state index contributed by atoms with van der Waals surface area (Å²) in [7, 11) is 0. The zero-order valence-corrected chi connectivity index (χ0v) is 8.37. The van der Waals surface area contributed by atoms with Gasteiger partial charge in [-0.3, -0.25) is 0 Å². The van der Waals surface area contributed by atoms with Crippen LogP contribution in [0.25, 0.3) is 0 Å². The highest BCUT2D eigenvalue weighted by atomic mass is 16.7. The number of ether oxygens (including phenoxy) is 2.